The van der Waals surface area contributed by atoms with Crippen molar-refractivity contribution in [2.75, 3.05) is 33.2 Å². The van der Waals surface area contributed by atoms with Crippen LogP contribution in [0.5, 0.6) is 0 Å². The molecule has 1 amide bonds. The zero-order valence-electron chi connectivity index (χ0n) is 15.0. The normalized spacial score (nSPS) is 16.1. The van der Waals surface area contributed by atoms with Crippen LogP contribution in [0.1, 0.15) is 15.2 Å². The largest absolute Gasteiger partial charge is 0.304 e. The molecule has 4 rings (SSSR count). The molecule has 1 aromatic carbocycles. The van der Waals surface area contributed by atoms with E-state index in [-0.39, 0.29) is 5.91 Å². The lowest BCUT2D eigenvalue weighted by atomic mass is 10.1. The van der Waals surface area contributed by atoms with Crippen LogP contribution in [0, 0.1) is 6.92 Å². The summed E-state index contributed by atoms with van der Waals surface area (Å²) >= 11 is 1.70. The summed E-state index contributed by atoms with van der Waals surface area (Å²) in [5.74, 6) is -0.0670. The number of hydrogen-bond donors (Lipinski definition) is 1. The van der Waals surface area contributed by atoms with E-state index in [2.05, 4.69) is 36.4 Å². The van der Waals surface area contributed by atoms with Crippen LogP contribution in [0.25, 0.3) is 21.5 Å². The number of aromatic nitrogens is 1. The summed E-state index contributed by atoms with van der Waals surface area (Å²) in [6, 6.07) is 13.9. The summed E-state index contributed by atoms with van der Waals surface area (Å²) in [4.78, 5) is 22.4. The number of hydrazine groups is 1. The maximum absolute atomic E-state index is 13.0. The van der Waals surface area contributed by atoms with Crippen molar-refractivity contribution >= 4 is 28.1 Å². The fraction of sp³-hybridized carbons (Fsp3) is 0.300. The third kappa shape index (κ3) is 3.49. The molecule has 2 aromatic heterocycles. The highest BCUT2D eigenvalue weighted by Crippen LogP contribution is 2.29. The molecule has 3 aromatic rings. The van der Waals surface area contributed by atoms with E-state index in [1.807, 2.05) is 35.3 Å². The van der Waals surface area contributed by atoms with Crippen LogP contribution in [0.15, 0.2) is 42.5 Å². The number of carbonyl (C=O) groups excluding carboxylic acids is 1. The molecule has 1 aliphatic rings. The first-order valence-corrected chi connectivity index (χ1v) is 9.63. The number of benzene rings is 1. The molecule has 1 saturated heterocycles. The number of hydrogen-bond acceptors (Lipinski definition) is 5. The molecule has 3 heterocycles. The van der Waals surface area contributed by atoms with Crippen LogP contribution in [-0.2, 0) is 0 Å². The number of rotatable bonds is 3. The van der Waals surface area contributed by atoms with E-state index in [9.17, 15) is 4.79 Å². The first kappa shape index (κ1) is 17.1. The van der Waals surface area contributed by atoms with Gasteiger partial charge >= 0.3 is 0 Å². The molecule has 0 spiro atoms. The molecular weight excluding hydrogens is 344 g/mol. The third-order valence-corrected chi connectivity index (χ3v) is 5.74. The van der Waals surface area contributed by atoms with Crippen LogP contribution in [0.3, 0.4) is 0 Å². The van der Waals surface area contributed by atoms with Gasteiger partial charge in [-0.15, -0.1) is 11.3 Å². The molecular formula is C20H22N4OS. The Morgan fingerprint density at radius 1 is 1.12 bits per heavy atom. The van der Waals surface area contributed by atoms with Crippen molar-refractivity contribution < 1.29 is 4.79 Å². The van der Waals surface area contributed by atoms with Crippen LogP contribution in [0.4, 0.5) is 0 Å². The minimum Gasteiger partial charge on any atom is -0.304 e. The number of pyridine rings is 1. The highest BCUT2D eigenvalue weighted by Gasteiger charge is 2.19. The molecule has 1 fully saturated rings. The van der Waals surface area contributed by atoms with Gasteiger partial charge in [0.25, 0.3) is 5.91 Å². The highest BCUT2D eigenvalue weighted by atomic mass is 32.1. The number of nitrogens with zero attached hydrogens (tertiary/aromatic N) is 3. The summed E-state index contributed by atoms with van der Waals surface area (Å²) in [6.45, 7) is 5.66. The second kappa shape index (κ2) is 7.15. The predicted octanol–water partition coefficient (Wildman–Crippen LogP) is 3.16. The highest BCUT2D eigenvalue weighted by molar-refractivity contribution is 7.15. The summed E-state index contributed by atoms with van der Waals surface area (Å²) in [5.41, 5.74) is 5.45. The van der Waals surface area contributed by atoms with Gasteiger partial charge in [0, 0.05) is 36.4 Å². The maximum atomic E-state index is 13.0. The van der Waals surface area contributed by atoms with Crippen molar-refractivity contribution in [3.05, 3.63) is 52.9 Å². The Balaban J connectivity index is 1.69. The van der Waals surface area contributed by atoms with E-state index in [0.717, 1.165) is 47.7 Å². The number of aryl methyl sites for hydroxylation is 1. The molecule has 0 radical (unpaired) electrons. The number of likely N-dealkylation sites (N-methyl/N-ethyl adjacent to an activating group) is 1. The molecule has 0 aliphatic carbocycles. The first-order chi connectivity index (χ1) is 12.6. The predicted molar refractivity (Wildman–Crippen MR) is 106 cm³/mol. The van der Waals surface area contributed by atoms with Crippen molar-refractivity contribution in [3.8, 4) is 10.6 Å². The molecule has 0 saturated carbocycles. The van der Waals surface area contributed by atoms with Gasteiger partial charge in [0.2, 0.25) is 0 Å². The van der Waals surface area contributed by atoms with Crippen molar-refractivity contribution in [3.63, 3.8) is 0 Å². The third-order valence-electron chi connectivity index (χ3n) is 4.72. The zero-order valence-corrected chi connectivity index (χ0v) is 15.8. The number of para-hydroxylation sites is 1. The molecule has 26 heavy (non-hydrogen) atoms. The Bertz CT molecular complexity index is 944. The number of thiophene rings is 1. The van der Waals surface area contributed by atoms with Gasteiger partial charge in [0.1, 0.15) is 0 Å². The van der Waals surface area contributed by atoms with Gasteiger partial charge in [0.05, 0.1) is 21.7 Å². The topological polar surface area (TPSA) is 48.5 Å². The van der Waals surface area contributed by atoms with E-state index in [0.29, 0.717) is 5.56 Å². The Morgan fingerprint density at radius 3 is 2.62 bits per heavy atom. The van der Waals surface area contributed by atoms with Crippen LogP contribution >= 0.6 is 11.3 Å². The molecule has 5 nitrogen and oxygen atoms in total. The van der Waals surface area contributed by atoms with Crippen molar-refractivity contribution in [1.29, 1.82) is 0 Å². The van der Waals surface area contributed by atoms with E-state index in [4.69, 9.17) is 4.98 Å². The minimum atomic E-state index is -0.0670. The molecule has 0 bridgehead atoms. The second-order valence-corrected chi connectivity index (χ2v) is 8.00. The summed E-state index contributed by atoms with van der Waals surface area (Å²) in [6.07, 6.45) is 0. The van der Waals surface area contributed by atoms with Crippen LogP contribution in [0.2, 0.25) is 0 Å². The number of piperazine rings is 1. The lowest BCUT2D eigenvalue weighted by molar-refractivity contribution is 0.0664. The second-order valence-electron chi connectivity index (χ2n) is 6.71. The van der Waals surface area contributed by atoms with Crippen LogP contribution in [-0.4, -0.2) is 54.0 Å². The Labute approximate surface area is 157 Å². The standard InChI is InChI=1S/C20H22N4OS/c1-14-7-8-19(26-14)18-13-16(15-5-3-4-6-17(15)21-18)20(25)22-24-11-9-23(2)10-12-24/h3-8,13H,9-12H2,1-2H3,(H,22,25). The van der Waals surface area contributed by atoms with Crippen molar-refractivity contribution in [1.82, 2.24) is 20.3 Å². The lowest BCUT2D eigenvalue weighted by Crippen LogP contribution is -2.52. The Morgan fingerprint density at radius 2 is 1.88 bits per heavy atom. The zero-order chi connectivity index (χ0) is 18.1. The molecule has 0 unspecified atom stereocenters. The number of nitrogens with one attached hydrogen (secondary N) is 1. The van der Waals surface area contributed by atoms with Gasteiger partial charge in [-0.3, -0.25) is 10.2 Å². The van der Waals surface area contributed by atoms with Gasteiger partial charge in [0.15, 0.2) is 0 Å². The SMILES string of the molecule is Cc1ccc(-c2cc(C(=O)NN3CCN(C)CC3)c3ccccc3n2)s1. The molecule has 6 heteroatoms. The Kier molecular flexibility index (Phi) is 4.72. The molecule has 134 valence electrons. The Hall–Kier alpha value is -2.28. The number of fused-ring (bicyclic) bond motifs is 1. The number of carbonyl (C=O) groups is 1. The monoisotopic (exact) mass is 366 g/mol. The van der Waals surface area contributed by atoms with E-state index in [1.54, 1.807) is 11.3 Å². The average Bonchev–Trinajstić information content (AvgIpc) is 3.09. The van der Waals surface area contributed by atoms with Crippen LogP contribution < -0.4 is 5.43 Å². The minimum absolute atomic E-state index is 0.0670. The number of amides is 1. The fourth-order valence-electron chi connectivity index (χ4n) is 3.18. The van der Waals surface area contributed by atoms with Gasteiger partial charge in [-0.05, 0) is 38.2 Å². The summed E-state index contributed by atoms with van der Waals surface area (Å²) in [7, 11) is 2.10. The van der Waals surface area contributed by atoms with Gasteiger partial charge in [-0.2, -0.15) is 0 Å². The fourth-order valence-corrected chi connectivity index (χ4v) is 4.01. The van der Waals surface area contributed by atoms with Gasteiger partial charge in [-0.1, -0.05) is 18.2 Å². The first-order valence-electron chi connectivity index (χ1n) is 8.81. The van der Waals surface area contributed by atoms with E-state index >= 15 is 0 Å². The average molecular weight is 366 g/mol. The smallest absolute Gasteiger partial charge is 0.266 e. The van der Waals surface area contributed by atoms with E-state index < -0.39 is 0 Å². The van der Waals surface area contributed by atoms with E-state index in [1.165, 1.54) is 4.88 Å². The molecule has 1 N–H and O–H groups in total. The van der Waals surface area contributed by atoms with Gasteiger partial charge < -0.3 is 4.90 Å². The van der Waals surface area contributed by atoms with Crippen molar-refractivity contribution in [2.45, 2.75) is 6.92 Å². The molecule has 1 aliphatic heterocycles. The van der Waals surface area contributed by atoms with Gasteiger partial charge in [-0.25, -0.2) is 9.99 Å². The molecule has 0 atom stereocenters. The summed E-state index contributed by atoms with van der Waals surface area (Å²) < 4.78 is 0. The quantitative estimate of drug-likeness (QED) is 0.774. The van der Waals surface area contributed by atoms with Crippen molar-refractivity contribution in [2.24, 2.45) is 0 Å². The summed E-state index contributed by atoms with van der Waals surface area (Å²) in [5, 5.41) is 2.89. The lowest BCUT2D eigenvalue weighted by Gasteiger charge is -2.32. The maximum Gasteiger partial charge on any atom is 0.266 e.